The molecule has 0 aliphatic heterocycles. The molecule has 0 heterocycles. The molecule has 96 valence electrons. The van der Waals surface area contributed by atoms with E-state index >= 15 is 0 Å². The fraction of sp³-hybridized carbons (Fsp3) is 0.0588. The van der Waals surface area contributed by atoms with E-state index in [1.165, 1.54) is 5.56 Å². The van der Waals surface area contributed by atoms with Crippen molar-refractivity contribution in [3.8, 4) is 0 Å². The summed E-state index contributed by atoms with van der Waals surface area (Å²) in [7, 11) is -1.08. The van der Waals surface area contributed by atoms with Gasteiger partial charge in [0.2, 0.25) is 0 Å². The molecule has 2 rings (SSSR count). The van der Waals surface area contributed by atoms with E-state index in [0.29, 0.717) is 0 Å². The van der Waals surface area contributed by atoms with Gasteiger partial charge in [-0.15, -0.1) is 0 Å². The van der Waals surface area contributed by atoms with Gasteiger partial charge in [-0.1, -0.05) is 66.3 Å². The zero-order valence-corrected chi connectivity index (χ0v) is 11.6. The van der Waals surface area contributed by atoms with Crippen molar-refractivity contribution in [1.29, 1.82) is 0 Å². The summed E-state index contributed by atoms with van der Waals surface area (Å²) in [6, 6.07) is 17.8. The summed E-state index contributed by atoms with van der Waals surface area (Å²) in [6.45, 7) is 2.02. The topological polar surface area (TPSA) is 17.1 Å². The third kappa shape index (κ3) is 4.34. The number of benzene rings is 2. The van der Waals surface area contributed by atoms with Crippen LogP contribution in [0, 0.1) is 6.92 Å². The minimum Gasteiger partial charge on any atom is -0.250 e. The summed E-state index contributed by atoms with van der Waals surface area (Å²) >= 11 is 0. The fourth-order valence-corrected chi connectivity index (χ4v) is 2.39. The molecule has 1 nitrogen and oxygen atoms in total. The van der Waals surface area contributed by atoms with Crippen molar-refractivity contribution in [2.45, 2.75) is 11.8 Å². The first kappa shape index (κ1) is 13.5. The standard InChI is InChI=1S/C17H16OS/c1-15-10-12-17(13-11-15)19(18)14-6-5-9-16-7-3-2-4-8-16/h2-14H,1H3/b9-5+,14-6+/t19-/m1/s1. The van der Waals surface area contributed by atoms with Gasteiger partial charge in [0.1, 0.15) is 0 Å². The Morgan fingerprint density at radius 3 is 2.26 bits per heavy atom. The highest BCUT2D eigenvalue weighted by molar-refractivity contribution is 7.88. The minimum atomic E-state index is -1.08. The molecule has 0 radical (unpaired) electrons. The molecule has 0 aromatic heterocycles. The minimum absolute atomic E-state index is 0.829. The van der Waals surface area contributed by atoms with Gasteiger partial charge in [-0.05, 0) is 24.6 Å². The summed E-state index contributed by atoms with van der Waals surface area (Å²) in [5.41, 5.74) is 2.31. The Morgan fingerprint density at radius 1 is 0.895 bits per heavy atom. The molecule has 0 bridgehead atoms. The second-order valence-corrected chi connectivity index (χ2v) is 5.55. The van der Waals surface area contributed by atoms with Gasteiger partial charge in [-0.25, -0.2) is 4.21 Å². The lowest BCUT2D eigenvalue weighted by Gasteiger charge is -1.96. The van der Waals surface area contributed by atoms with E-state index in [4.69, 9.17) is 0 Å². The molecule has 2 aromatic carbocycles. The Morgan fingerprint density at radius 2 is 1.58 bits per heavy atom. The predicted octanol–water partition coefficient (Wildman–Crippen LogP) is 4.33. The van der Waals surface area contributed by atoms with Crippen molar-refractivity contribution < 1.29 is 4.21 Å². The normalized spacial score (nSPS) is 13.1. The molecule has 0 N–H and O–H groups in total. The van der Waals surface area contributed by atoms with E-state index in [1.807, 2.05) is 79.7 Å². The van der Waals surface area contributed by atoms with E-state index < -0.39 is 10.8 Å². The van der Waals surface area contributed by atoms with Gasteiger partial charge in [-0.3, -0.25) is 0 Å². The fourth-order valence-electron chi connectivity index (χ4n) is 1.60. The average molecular weight is 268 g/mol. The van der Waals surface area contributed by atoms with E-state index in [-0.39, 0.29) is 0 Å². The molecule has 0 saturated carbocycles. The zero-order chi connectivity index (χ0) is 13.5. The first-order valence-corrected chi connectivity index (χ1v) is 7.34. The molecule has 2 aromatic rings. The van der Waals surface area contributed by atoms with Crippen molar-refractivity contribution in [2.24, 2.45) is 0 Å². The lowest BCUT2D eigenvalue weighted by atomic mass is 10.2. The van der Waals surface area contributed by atoms with Gasteiger partial charge in [0.15, 0.2) is 0 Å². The first-order valence-electron chi connectivity index (χ1n) is 6.13. The SMILES string of the molecule is Cc1ccc([S@](=O)/C=C/C=C/c2ccccc2)cc1. The summed E-state index contributed by atoms with van der Waals surface area (Å²) in [4.78, 5) is 0.829. The van der Waals surface area contributed by atoms with E-state index in [1.54, 1.807) is 5.41 Å². The van der Waals surface area contributed by atoms with E-state index in [0.717, 1.165) is 10.5 Å². The van der Waals surface area contributed by atoms with Gasteiger partial charge in [0.05, 0.1) is 10.8 Å². The number of aryl methyl sites for hydroxylation is 1. The Kier molecular flexibility index (Phi) is 4.87. The monoisotopic (exact) mass is 268 g/mol. The van der Waals surface area contributed by atoms with Crippen molar-refractivity contribution in [1.82, 2.24) is 0 Å². The van der Waals surface area contributed by atoms with Crippen LogP contribution in [0.2, 0.25) is 0 Å². The lowest BCUT2D eigenvalue weighted by Crippen LogP contribution is -1.85. The molecule has 0 aliphatic carbocycles. The summed E-state index contributed by atoms with van der Waals surface area (Å²) in [5, 5.41) is 1.70. The molecule has 0 saturated heterocycles. The van der Waals surface area contributed by atoms with Crippen LogP contribution in [-0.2, 0) is 10.8 Å². The van der Waals surface area contributed by atoms with Crippen LogP contribution in [0.5, 0.6) is 0 Å². The summed E-state index contributed by atoms with van der Waals surface area (Å²) in [6.07, 6.45) is 5.72. The zero-order valence-electron chi connectivity index (χ0n) is 10.8. The molecule has 0 unspecified atom stereocenters. The predicted molar refractivity (Wildman–Crippen MR) is 82.2 cm³/mol. The third-order valence-corrected chi connectivity index (χ3v) is 3.80. The van der Waals surface area contributed by atoms with Crippen molar-refractivity contribution >= 4 is 16.9 Å². The van der Waals surface area contributed by atoms with Gasteiger partial charge in [-0.2, -0.15) is 0 Å². The molecule has 1 atom stereocenters. The van der Waals surface area contributed by atoms with Crippen molar-refractivity contribution in [2.75, 3.05) is 0 Å². The van der Waals surface area contributed by atoms with Crippen LogP contribution in [0.1, 0.15) is 11.1 Å². The Bertz CT molecular complexity index is 595. The average Bonchev–Trinajstić information content (AvgIpc) is 2.45. The van der Waals surface area contributed by atoms with Crippen LogP contribution in [0.3, 0.4) is 0 Å². The van der Waals surface area contributed by atoms with Gasteiger partial charge in [0.25, 0.3) is 0 Å². The van der Waals surface area contributed by atoms with Gasteiger partial charge >= 0.3 is 0 Å². The second-order valence-electron chi connectivity index (χ2n) is 4.21. The first-order chi connectivity index (χ1) is 9.25. The number of allylic oxidation sites excluding steroid dienone is 2. The van der Waals surface area contributed by atoms with Gasteiger partial charge < -0.3 is 0 Å². The van der Waals surface area contributed by atoms with Crippen LogP contribution >= 0.6 is 0 Å². The highest BCUT2D eigenvalue weighted by Crippen LogP contribution is 2.09. The largest absolute Gasteiger partial charge is 0.250 e. The Labute approximate surface area is 116 Å². The van der Waals surface area contributed by atoms with Crippen LogP contribution in [0.15, 0.2) is 77.1 Å². The van der Waals surface area contributed by atoms with Crippen molar-refractivity contribution in [3.63, 3.8) is 0 Å². The third-order valence-electron chi connectivity index (χ3n) is 2.65. The molecule has 0 aliphatic rings. The van der Waals surface area contributed by atoms with Crippen LogP contribution < -0.4 is 0 Å². The smallest absolute Gasteiger partial charge is 0.0775 e. The lowest BCUT2D eigenvalue weighted by molar-refractivity contribution is 0.688. The van der Waals surface area contributed by atoms with Crippen LogP contribution in [0.25, 0.3) is 6.08 Å². The Balaban J connectivity index is 1.97. The quantitative estimate of drug-likeness (QED) is 0.754. The van der Waals surface area contributed by atoms with Gasteiger partial charge in [0, 0.05) is 10.3 Å². The van der Waals surface area contributed by atoms with Crippen LogP contribution in [0.4, 0.5) is 0 Å². The summed E-state index contributed by atoms with van der Waals surface area (Å²) in [5.74, 6) is 0. The number of hydrogen-bond acceptors (Lipinski definition) is 1. The van der Waals surface area contributed by atoms with E-state index in [2.05, 4.69) is 0 Å². The molecule has 19 heavy (non-hydrogen) atoms. The molecule has 0 amide bonds. The molecular weight excluding hydrogens is 252 g/mol. The second kappa shape index (κ2) is 6.86. The summed E-state index contributed by atoms with van der Waals surface area (Å²) < 4.78 is 12.0. The van der Waals surface area contributed by atoms with E-state index in [9.17, 15) is 4.21 Å². The molecule has 0 fully saturated rings. The maximum atomic E-state index is 12.0. The Hall–Kier alpha value is -1.93. The molecule has 0 spiro atoms. The van der Waals surface area contributed by atoms with Crippen molar-refractivity contribution in [3.05, 3.63) is 83.3 Å². The molecule has 2 heteroatoms. The number of rotatable bonds is 4. The maximum absolute atomic E-state index is 12.0. The maximum Gasteiger partial charge on any atom is 0.0775 e. The number of hydrogen-bond donors (Lipinski definition) is 0. The highest BCUT2D eigenvalue weighted by Gasteiger charge is 1.97. The van der Waals surface area contributed by atoms with Crippen LogP contribution in [-0.4, -0.2) is 4.21 Å². The molecular formula is C17H16OS. The highest BCUT2D eigenvalue weighted by atomic mass is 32.2.